The molecule has 1 unspecified atom stereocenters. The zero-order valence-electron chi connectivity index (χ0n) is 14.7. The lowest BCUT2D eigenvalue weighted by Crippen LogP contribution is -2.43. The number of rotatable bonds is 5. The van der Waals surface area contributed by atoms with Crippen molar-refractivity contribution in [3.8, 4) is 0 Å². The Morgan fingerprint density at radius 3 is 2.83 bits per heavy atom. The van der Waals surface area contributed by atoms with Crippen LogP contribution in [-0.4, -0.2) is 43.1 Å². The quantitative estimate of drug-likeness (QED) is 0.489. The van der Waals surface area contributed by atoms with Gasteiger partial charge in [0.15, 0.2) is 5.96 Å². The fourth-order valence-electron chi connectivity index (χ4n) is 3.21. The first-order chi connectivity index (χ1) is 11.7. The van der Waals surface area contributed by atoms with Crippen LogP contribution in [0.5, 0.6) is 0 Å². The third-order valence-electron chi connectivity index (χ3n) is 4.71. The Labute approximate surface area is 149 Å². The van der Waals surface area contributed by atoms with Gasteiger partial charge in [0.25, 0.3) is 0 Å². The predicted octanol–water partition coefficient (Wildman–Crippen LogP) is 3.01. The van der Waals surface area contributed by atoms with E-state index in [2.05, 4.69) is 75.6 Å². The van der Waals surface area contributed by atoms with Crippen molar-refractivity contribution in [3.05, 3.63) is 42.0 Å². The first-order valence-corrected chi connectivity index (χ1v) is 9.74. The van der Waals surface area contributed by atoms with Crippen LogP contribution in [0.4, 0.5) is 5.69 Å². The van der Waals surface area contributed by atoms with E-state index in [9.17, 15) is 0 Å². The number of nitrogens with one attached hydrogen (secondary N) is 2. The number of benzene rings is 1. The molecule has 2 aliphatic rings. The smallest absolute Gasteiger partial charge is 0.191 e. The molecule has 1 atom stereocenters. The number of hydrogen-bond acceptors (Lipinski definition) is 3. The number of thioether (sulfide) groups is 1. The molecule has 24 heavy (non-hydrogen) atoms. The standard InChI is InChI=1S/C19H28N4S/c1-19(9-6-12-24-19)15-22-18(20-2)21-14-16-7-5-8-17(13-16)23-10-3-4-11-23/h3-5,7-8,13H,6,9-12,14-15H2,1-2H3,(H2,20,21,22). The molecule has 2 aliphatic heterocycles. The van der Waals surface area contributed by atoms with Gasteiger partial charge in [-0.1, -0.05) is 24.3 Å². The molecule has 1 aromatic rings. The van der Waals surface area contributed by atoms with Crippen LogP contribution in [0.1, 0.15) is 25.3 Å². The third-order valence-corrected chi connectivity index (χ3v) is 6.25. The van der Waals surface area contributed by atoms with Gasteiger partial charge in [-0.3, -0.25) is 4.99 Å². The number of hydrogen-bond donors (Lipinski definition) is 2. The minimum atomic E-state index is 0.348. The summed E-state index contributed by atoms with van der Waals surface area (Å²) in [6.45, 7) is 6.13. The molecule has 0 radical (unpaired) electrons. The van der Waals surface area contributed by atoms with Gasteiger partial charge in [-0.15, -0.1) is 0 Å². The summed E-state index contributed by atoms with van der Waals surface area (Å²) in [4.78, 5) is 6.73. The van der Waals surface area contributed by atoms with Crippen molar-refractivity contribution in [3.63, 3.8) is 0 Å². The average molecular weight is 345 g/mol. The fraction of sp³-hybridized carbons (Fsp3) is 0.526. The highest BCUT2D eigenvalue weighted by Gasteiger charge is 2.29. The van der Waals surface area contributed by atoms with Crippen molar-refractivity contribution in [2.24, 2.45) is 4.99 Å². The van der Waals surface area contributed by atoms with Gasteiger partial charge in [-0.05, 0) is 43.2 Å². The second-order valence-corrected chi connectivity index (χ2v) is 8.41. The molecule has 0 saturated carbocycles. The van der Waals surface area contributed by atoms with Crippen LogP contribution in [0, 0.1) is 0 Å². The number of anilines is 1. The van der Waals surface area contributed by atoms with E-state index in [1.807, 2.05) is 7.05 Å². The lowest BCUT2D eigenvalue weighted by molar-refractivity contribution is 0.584. The third kappa shape index (κ3) is 4.47. The van der Waals surface area contributed by atoms with E-state index in [4.69, 9.17) is 0 Å². The zero-order valence-corrected chi connectivity index (χ0v) is 15.5. The monoisotopic (exact) mass is 344 g/mol. The highest BCUT2D eigenvalue weighted by atomic mass is 32.2. The summed E-state index contributed by atoms with van der Waals surface area (Å²) in [6.07, 6.45) is 7.05. The lowest BCUT2D eigenvalue weighted by atomic mass is 10.1. The van der Waals surface area contributed by atoms with Crippen LogP contribution in [0.25, 0.3) is 0 Å². The summed E-state index contributed by atoms with van der Waals surface area (Å²) in [5.41, 5.74) is 2.57. The molecule has 2 N–H and O–H groups in total. The van der Waals surface area contributed by atoms with Crippen molar-refractivity contribution in [2.45, 2.75) is 31.1 Å². The first-order valence-electron chi connectivity index (χ1n) is 8.76. The summed E-state index contributed by atoms with van der Waals surface area (Å²) in [7, 11) is 1.84. The highest BCUT2D eigenvalue weighted by molar-refractivity contribution is 8.00. The molecule has 1 aromatic carbocycles. The first kappa shape index (κ1) is 17.2. The minimum absolute atomic E-state index is 0.348. The van der Waals surface area contributed by atoms with Crippen LogP contribution in [0.3, 0.4) is 0 Å². The van der Waals surface area contributed by atoms with Gasteiger partial charge in [0, 0.05) is 43.7 Å². The summed E-state index contributed by atoms with van der Waals surface area (Å²) >= 11 is 2.07. The van der Waals surface area contributed by atoms with Crippen LogP contribution in [-0.2, 0) is 6.54 Å². The number of guanidine groups is 1. The van der Waals surface area contributed by atoms with Crippen molar-refractivity contribution >= 4 is 23.4 Å². The summed E-state index contributed by atoms with van der Waals surface area (Å²) in [6, 6.07) is 8.75. The van der Waals surface area contributed by atoms with Crippen LogP contribution in [0.2, 0.25) is 0 Å². The van der Waals surface area contributed by atoms with Gasteiger partial charge >= 0.3 is 0 Å². The van der Waals surface area contributed by atoms with Gasteiger partial charge in [0.1, 0.15) is 0 Å². The second kappa shape index (κ2) is 7.97. The van der Waals surface area contributed by atoms with Crippen molar-refractivity contribution in [1.29, 1.82) is 0 Å². The maximum absolute atomic E-state index is 4.36. The molecular weight excluding hydrogens is 316 g/mol. The maximum Gasteiger partial charge on any atom is 0.191 e. The van der Waals surface area contributed by atoms with E-state index in [0.717, 1.165) is 32.1 Å². The number of aliphatic imine (C=N–C) groups is 1. The van der Waals surface area contributed by atoms with Crippen molar-refractivity contribution in [2.75, 3.05) is 37.3 Å². The van der Waals surface area contributed by atoms with Gasteiger partial charge in [0.05, 0.1) is 0 Å². The average Bonchev–Trinajstić information content (AvgIpc) is 3.27. The SMILES string of the molecule is CN=C(NCc1cccc(N2CC=CC2)c1)NCC1(C)CCCS1. The van der Waals surface area contributed by atoms with E-state index in [-0.39, 0.29) is 0 Å². The maximum atomic E-state index is 4.36. The Balaban J connectivity index is 1.51. The molecular formula is C19H28N4S. The molecule has 1 fully saturated rings. The van der Waals surface area contributed by atoms with Gasteiger partial charge in [0.2, 0.25) is 0 Å². The molecule has 4 nitrogen and oxygen atoms in total. The van der Waals surface area contributed by atoms with E-state index < -0.39 is 0 Å². The normalized spacial score (nSPS) is 23.8. The molecule has 1 saturated heterocycles. The van der Waals surface area contributed by atoms with Crippen LogP contribution in [0.15, 0.2) is 41.4 Å². The molecule has 5 heteroatoms. The largest absolute Gasteiger partial charge is 0.364 e. The molecule has 0 aliphatic carbocycles. The number of nitrogens with zero attached hydrogens (tertiary/aromatic N) is 2. The molecule has 0 bridgehead atoms. The van der Waals surface area contributed by atoms with Crippen molar-refractivity contribution in [1.82, 2.24) is 10.6 Å². The Hall–Kier alpha value is -1.62. The Morgan fingerprint density at radius 1 is 1.29 bits per heavy atom. The van der Waals surface area contributed by atoms with E-state index >= 15 is 0 Å². The summed E-state index contributed by atoms with van der Waals surface area (Å²) in [5.74, 6) is 2.17. The Morgan fingerprint density at radius 2 is 2.12 bits per heavy atom. The van der Waals surface area contributed by atoms with Crippen molar-refractivity contribution < 1.29 is 0 Å². The molecule has 3 rings (SSSR count). The van der Waals surface area contributed by atoms with E-state index in [1.165, 1.54) is 29.8 Å². The highest BCUT2D eigenvalue weighted by Crippen LogP contribution is 2.36. The molecule has 2 heterocycles. The fourth-order valence-corrected chi connectivity index (χ4v) is 4.45. The van der Waals surface area contributed by atoms with Crippen LogP contribution < -0.4 is 15.5 Å². The van der Waals surface area contributed by atoms with Gasteiger partial charge in [-0.2, -0.15) is 11.8 Å². The van der Waals surface area contributed by atoms with Crippen LogP contribution >= 0.6 is 11.8 Å². The van der Waals surface area contributed by atoms with Gasteiger partial charge in [-0.25, -0.2) is 0 Å². The predicted molar refractivity (Wildman–Crippen MR) is 106 cm³/mol. The van der Waals surface area contributed by atoms with Gasteiger partial charge < -0.3 is 15.5 Å². The topological polar surface area (TPSA) is 39.7 Å². The Kier molecular flexibility index (Phi) is 5.72. The molecule has 0 spiro atoms. The minimum Gasteiger partial charge on any atom is -0.364 e. The lowest BCUT2D eigenvalue weighted by Gasteiger charge is -2.24. The Bertz CT molecular complexity index is 597. The van der Waals surface area contributed by atoms with E-state index in [0.29, 0.717) is 4.75 Å². The molecule has 0 amide bonds. The van der Waals surface area contributed by atoms with E-state index in [1.54, 1.807) is 0 Å². The molecule has 130 valence electrons. The molecule has 0 aromatic heterocycles. The summed E-state index contributed by atoms with van der Waals surface area (Å²) < 4.78 is 0.348. The zero-order chi connectivity index (χ0) is 16.8. The second-order valence-electron chi connectivity index (χ2n) is 6.73. The summed E-state index contributed by atoms with van der Waals surface area (Å²) in [5, 5.41) is 6.93.